The number of hydrogen-bond donors (Lipinski definition) is 1. The summed E-state index contributed by atoms with van der Waals surface area (Å²) in [6.45, 7) is 0. The molecule has 0 aliphatic rings. The number of nitrogens with zero attached hydrogens (tertiary/aromatic N) is 2. The first-order valence-electron chi connectivity index (χ1n) is 10.7. The number of para-hydroxylation sites is 3. The normalized spacial score (nSPS) is 10.9. The summed E-state index contributed by atoms with van der Waals surface area (Å²) in [5.74, 6) is -0.729. The Hall–Kier alpha value is -4.71. The molecular formula is C28H23N3O3. The molecule has 0 aliphatic carbocycles. The third-order valence-electron chi connectivity index (χ3n) is 5.01. The van der Waals surface area contributed by atoms with Gasteiger partial charge in [0.2, 0.25) is 5.96 Å². The van der Waals surface area contributed by atoms with Gasteiger partial charge in [0, 0.05) is 5.69 Å². The Morgan fingerprint density at radius 1 is 0.706 bits per heavy atom. The molecule has 0 saturated heterocycles. The molecule has 0 aromatic heterocycles. The van der Waals surface area contributed by atoms with Crippen molar-refractivity contribution in [2.45, 2.75) is 0 Å². The van der Waals surface area contributed by atoms with Gasteiger partial charge >= 0.3 is 5.97 Å². The van der Waals surface area contributed by atoms with Crippen molar-refractivity contribution in [3.8, 4) is 0 Å². The molecule has 0 atom stereocenters. The van der Waals surface area contributed by atoms with Crippen LogP contribution in [-0.2, 0) is 4.74 Å². The van der Waals surface area contributed by atoms with E-state index in [-0.39, 0.29) is 17.1 Å². The summed E-state index contributed by atoms with van der Waals surface area (Å²) in [4.78, 5) is 32.6. The fourth-order valence-electron chi connectivity index (χ4n) is 3.40. The lowest BCUT2D eigenvalue weighted by molar-refractivity contribution is 0.0597. The predicted molar refractivity (Wildman–Crippen MR) is 135 cm³/mol. The maximum atomic E-state index is 14.0. The van der Waals surface area contributed by atoms with Gasteiger partial charge in [-0.1, -0.05) is 66.7 Å². The first kappa shape index (κ1) is 22.5. The minimum Gasteiger partial charge on any atom is -0.465 e. The molecular weight excluding hydrogens is 426 g/mol. The highest BCUT2D eigenvalue weighted by Crippen LogP contribution is 2.23. The lowest BCUT2D eigenvalue weighted by Crippen LogP contribution is -2.42. The van der Waals surface area contributed by atoms with Gasteiger partial charge in [-0.3, -0.25) is 4.79 Å². The lowest BCUT2D eigenvalue weighted by Gasteiger charge is -2.26. The van der Waals surface area contributed by atoms with Gasteiger partial charge < -0.3 is 10.1 Å². The lowest BCUT2D eigenvalue weighted by atomic mass is 10.1. The Morgan fingerprint density at radius 3 is 1.85 bits per heavy atom. The van der Waals surface area contributed by atoms with E-state index < -0.39 is 11.9 Å². The molecule has 34 heavy (non-hydrogen) atoms. The number of carbonyl (C=O) groups is 2. The number of nitrogens with one attached hydrogen (secondary N) is 1. The van der Waals surface area contributed by atoms with Gasteiger partial charge in [-0.05, 0) is 48.5 Å². The van der Waals surface area contributed by atoms with E-state index in [2.05, 4.69) is 5.32 Å². The second kappa shape index (κ2) is 10.7. The highest BCUT2D eigenvalue weighted by atomic mass is 16.5. The number of esters is 1. The maximum Gasteiger partial charge on any atom is 0.338 e. The van der Waals surface area contributed by atoms with Crippen LogP contribution in [0.3, 0.4) is 0 Å². The molecule has 4 rings (SSSR count). The van der Waals surface area contributed by atoms with Crippen molar-refractivity contribution in [2.24, 2.45) is 4.99 Å². The Kier molecular flexibility index (Phi) is 7.10. The van der Waals surface area contributed by atoms with Crippen LogP contribution in [0.1, 0.15) is 20.7 Å². The average Bonchev–Trinajstić information content (AvgIpc) is 2.90. The van der Waals surface area contributed by atoms with Crippen LogP contribution in [0.5, 0.6) is 0 Å². The predicted octanol–water partition coefficient (Wildman–Crippen LogP) is 5.92. The van der Waals surface area contributed by atoms with Crippen molar-refractivity contribution >= 4 is 34.9 Å². The van der Waals surface area contributed by atoms with Crippen LogP contribution in [0.4, 0.5) is 17.1 Å². The molecule has 0 spiro atoms. The van der Waals surface area contributed by atoms with E-state index in [0.29, 0.717) is 11.4 Å². The zero-order valence-electron chi connectivity index (χ0n) is 18.6. The highest BCUT2D eigenvalue weighted by molar-refractivity contribution is 6.27. The largest absolute Gasteiger partial charge is 0.465 e. The number of carbonyl (C=O) groups excluding carboxylic acids is 2. The molecule has 0 bridgehead atoms. The van der Waals surface area contributed by atoms with E-state index >= 15 is 0 Å². The summed E-state index contributed by atoms with van der Waals surface area (Å²) in [5.41, 5.74) is 2.39. The Balaban J connectivity index is 1.88. The number of benzene rings is 4. The molecule has 0 radical (unpaired) electrons. The number of hydrogen-bond acceptors (Lipinski definition) is 4. The molecule has 0 saturated carbocycles. The molecule has 0 fully saturated rings. The molecule has 0 unspecified atom stereocenters. The zero-order chi connectivity index (χ0) is 23.8. The minimum atomic E-state index is -0.588. The summed E-state index contributed by atoms with van der Waals surface area (Å²) in [7, 11) is 1.29. The van der Waals surface area contributed by atoms with Gasteiger partial charge in [-0.25, -0.2) is 14.7 Å². The van der Waals surface area contributed by atoms with E-state index in [1.807, 2.05) is 91.0 Å². The molecule has 1 amide bonds. The molecule has 6 nitrogen and oxygen atoms in total. The molecule has 6 heteroatoms. The Bertz CT molecular complexity index is 1290. The first-order chi connectivity index (χ1) is 16.7. The van der Waals surface area contributed by atoms with Crippen molar-refractivity contribution < 1.29 is 14.3 Å². The molecule has 4 aromatic carbocycles. The fraction of sp³-hybridized carbons (Fsp3) is 0.0357. The first-order valence-corrected chi connectivity index (χ1v) is 10.7. The van der Waals surface area contributed by atoms with Gasteiger partial charge in [0.15, 0.2) is 0 Å². The number of anilines is 2. The van der Waals surface area contributed by atoms with Crippen molar-refractivity contribution in [1.29, 1.82) is 0 Å². The van der Waals surface area contributed by atoms with Crippen molar-refractivity contribution in [3.05, 3.63) is 126 Å². The number of methoxy groups -OCH3 is 1. The van der Waals surface area contributed by atoms with Crippen LogP contribution in [0, 0.1) is 0 Å². The van der Waals surface area contributed by atoms with E-state index in [4.69, 9.17) is 9.73 Å². The smallest absolute Gasteiger partial charge is 0.338 e. The van der Waals surface area contributed by atoms with Gasteiger partial charge in [0.25, 0.3) is 5.91 Å². The number of guanidine groups is 1. The average molecular weight is 450 g/mol. The van der Waals surface area contributed by atoms with Crippen LogP contribution in [0.2, 0.25) is 0 Å². The van der Waals surface area contributed by atoms with E-state index in [9.17, 15) is 9.59 Å². The summed E-state index contributed by atoms with van der Waals surface area (Å²) < 4.78 is 4.91. The standard InChI is InChI=1S/C28H23N3O3/c1-34-27(33)25-20-12-11-19-24(25)26(32)31(23-17-9-4-10-18-23)28(29-21-13-5-2-6-14-21)30-22-15-7-3-8-16-22/h2-20H,1H3,(H,29,30). The number of aliphatic imine (C=N–C) groups is 1. The third-order valence-corrected chi connectivity index (χ3v) is 5.01. The number of amides is 1. The van der Waals surface area contributed by atoms with Crippen LogP contribution in [-0.4, -0.2) is 24.9 Å². The third kappa shape index (κ3) is 5.19. The van der Waals surface area contributed by atoms with Gasteiger partial charge in [-0.15, -0.1) is 0 Å². The Morgan fingerprint density at radius 2 is 1.24 bits per heavy atom. The van der Waals surface area contributed by atoms with Crippen LogP contribution >= 0.6 is 0 Å². The summed E-state index contributed by atoms with van der Waals surface area (Å²) in [6, 6.07) is 34.6. The fourth-order valence-corrected chi connectivity index (χ4v) is 3.40. The molecule has 0 aliphatic heterocycles. The molecule has 4 aromatic rings. The second-order valence-electron chi connectivity index (χ2n) is 7.28. The van der Waals surface area contributed by atoms with E-state index in [0.717, 1.165) is 5.69 Å². The quantitative estimate of drug-likeness (QED) is 0.233. The van der Waals surface area contributed by atoms with Gasteiger partial charge in [-0.2, -0.15) is 0 Å². The monoisotopic (exact) mass is 449 g/mol. The second-order valence-corrected chi connectivity index (χ2v) is 7.28. The maximum absolute atomic E-state index is 14.0. The summed E-state index contributed by atoms with van der Waals surface area (Å²) in [5, 5.41) is 3.28. The van der Waals surface area contributed by atoms with Gasteiger partial charge in [0.05, 0.1) is 29.6 Å². The van der Waals surface area contributed by atoms with Crippen LogP contribution < -0.4 is 10.2 Å². The van der Waals surface area contributed by atoms with Crippen molar-refractivity contribution in [2.75, 3.05) is 17.3 Å². The van der Waals surface area contributed by atoms with Crippen LogP contribution in [0.15, 0.2) is 120 Å². The number of rotatable bonds is 5. The topological polar surface area (TPSA) is 71.0 Å². The Labute approximate surface area is 198 Å². The zero-order valence-corrected chi connectivity index (χ0v) is 18.6. The van der Waals surface area contributed by atoms with Crippen molar-refractivity contribution in [1.82, 2.24) is 0 Å². The summed E-state index contributed by atoms with van der Waals surface area (Å²) in [6.07, 6.45) is 0. The molecule has 1 N–H and O–H groups in total. The minimum absolute atomic E-state index is 0.176. The highest BCUT2D eigenvalue weighted by Gasteiger charge is 2.27. The molecule has 0 heterocycles. The summed E-state index contributed by atoms with van der Waals surface area (Å²) >= 11 is 0. The van der Waals surface area contributed by atoms with E-state index in [1.165, 1.54) is 12.0 Å². The van der Waals surface area contributed by atoms with Gasteiger partial charge in [0.1, 0.15) is 0 Å². The number of ether oxygens (including phenoxy) is 1. The molecule has 168 valence electrons. The SMILES string of the molecule is COC(=O)c1ccccc1C(=O)N(C(=Nc1ccccc1)Nc1ccccc1)c1ccccc1. The van der Waals surface area contributed by atoms with Crippen LogP contribution in [0.25, 0.3) is 0 Å². The van der Waals surface area contributed by atoms with E-state index in [1.54, 1.807) is 24.3 Å². The van der Waals surface area contributed by atoms with Crippen molar-refractivity contribution in [3.63, 3.8) is 0 Å².